The number of rotatable bonds is 4. The minimum absolute atomic E-state index is 0.273. The Morgan fingerprint density at radius 3 is 2.80 bits per heavy atom. The first-order chi connectivity index (χ1) is 9.41. The Labute approximate surface area is 136 Å². The van der Waals surface area contributed by atoms with Crippen molar-refractivity contribution in [2.24, 2.45) is 5.92 Å². The largest absolute Gasteiger partial charge is 0.381 e. The molecule has 0 spiro atoms. The Bertz CT molecular complexity index is 571. The predicted octanol–water partition coefficient (Wildman–Crippen LogP) is 3.26. The minimum Gasteiger partial charge on any atom is -0.381 e. The van der Waals surface area contributed by atoms with Crippen molar-refractivity contribution >= 4 is 41.9 Å². The second-order valence-corrected chi connectivity index (χ2v) is 8.73. The van der Waals surface area contributed by atoms with Gasteiger partial charge in [-0.15, -0.1) is 0 Å². The summed E-state index contributed by atoms with van der Waals surface area (Å²) >= 11 is 6.62. The molecule has 1 aliphatic rings. The van der Waals surface area contributed by atoms with E-state index in [1.165, 1.54) is 4.31 Å². The van der Waals surface area contributed by atoms with Gasteiger partial charge < -0.3 is 4.74 Å². The van der Waals surface area contributed by atoms with Crippen LogP contribution in [-0.2, 0) is 14.8 Å². The highest BCUT2D eigenvalue weighted by Gasteiger charge is 2.26. The van der Waals surface area contributed by atoms with Crippen molar-refractivity contribution in [2.75, 3.05) is 26.8 Å². The van der Waals surface area contributed by atoms with Crippen molar-refractivity contribution in [2.45, 2.75) is 17.7 Å². The summed E-state index contributed by atoms with van der Waals surface area (Å²) in [6.45, 7) is 1.91. The normalized spacial score (nSPS) is 20.3. The summed E-state index contributed by atoms with van der Waals surface area (Å²) in [5, 5.41) is 0. The molecule has 20 heavy (non-hydrogen) atoms. The van der Waals surface area contributed by atoms with Gasteiger partial charge in [0.05, 0.1) is 11.5 Å². The Kier molecular flexibility index (Phi) is 5.64. The van der Waals surface area contributed by atoms with Crippen LogP contribution in [0, 0.1) is 5.92 Å². The molecule has 0 bridgehead atoms. The number of hydrogen-bond donors (Lipinski definition) is 0. The number of ether oxygens (including phenoxy) is 1. The third-order valence-corrected chi connectivity index (χ3v) is 6.66. The smallest absolute Gasteiger partial charge is 0.243 e. The van der Waals surface area contributed by atoms with Crippen molar-refractivity contribution in [3.05, 3.63) is 27.1 Å². The van der Waals surface area contributed by atoms with Crippen molar-refractivity contribution in [1.29, 1.82) is 0 Å². The minimum atomic E-state index is -3.49. The Hall–Kier alpha value is 0.0500. The standard InChI is InChI=1S/C13H17Br2NO3S/c1-16(8-10-3-2-6-19-9-10)20(17,18)13-7-11(14)4-5-12(13)15/h4-5,7,10H,2-3,6,8-9H2,1H3. The molecule has 1 aromatic rings. The first-order valence-electron chi connectivity index (χ1n) is 6.40. The van der Waals surface area contributed by atoms with Crippen molar-refractivity contribution in [3.63, 3.8) is 0 Å². The van der Waals surface area contributed by atoms with E-state index in [0.29, 0.717) is 17.6 Å². The molecule has 1 fully saturated rings. The van der Waals surface area contributed by atoms with Gasteiger partial charge in [-0.1, -0.05) is 15.9 Å². The van der Waals surface area contributed by atoms with Crippen LogP contribution in [0.1, 0.15) is 12.8 Å². The van der Waals surface area contributed by atoms with Crippen LogP contribution in [0.4, 0.5) is 0 Å². The van der Waals surface area contributed by atoms with Gasteiger partial charge in [0.1, 0.15) is 0 Å². The van der Waals surface area contributed by atoms with Gasteiger partial charge >= 0.3 is 0 Å². The fraction of sp³-hybridized carbons (Fsp3) is 0.538. The highest BCUT2D eigenvalue weighted by molar-refractivity contribution is 9.11. The van der Waals surface area contributed by atoms with Crippen molar-refractivity contribution < 1.29 is 13.2 Å². The maximum Gasteiger partial charge on any atom is 0.243 e. The molecule has 0 radical (unpaired) electrons. The summed E-state index contributed by atoms with van der Waals surface area (Å²) < 4.78 is 33.4. The van der Waals surface area contributed by atoms with Gasteiger partial charge in [0.2, 0.25) is 10.0 Å². The summed E-state index contributed by atoms with van der Waals surface area (Å²) in [5.74, 6) is 0.273. The van der Waals surface area contributed by atoms with E-state index in [4.69, 9.17) is 4.74 Å². The van der Waals surface area contributed by atoms with Crippen LogP contribution in [0.3, 0.4) is 0 Å². The Morgan fingerprint density at radius 2 is 2.15 bits per heavy atom. The van der Waals surface area contributed by atoms with Crippen LogP contribution in [-0.4, -0.2) is 39.5 Å². The van der Waals surface area contributed by atoms with Crippen molar-refractivity contribution in [3.8, 4) is 0 Å². The maximum absolute atomic E-state index is 12.6. The molecule has 1 atom stereocenters. The first kappa shape index (κ1) is 16.4. The number of hydrogen-bond acceptors (Lipinski definition) is 3. The lowest BCUT2D eigenvalue weighted by Crippen LogP contribution is -2.35. The molecule has 0 saturated carbocycles. The second-order valence-electron chi connectivity index (χ2n) is 4.94. The molecule has 7 heteroatoms. The van der Waals surface area contributed by atoms with E-state index in [-0.39, 0.29) is 10.8 Å². The quantitative estimate of drug-likeness (QED) is 0.742. The van der Waals surface area contributed by atoms with Crippen LogP contribution in [0.5, 0.6) is 0 Å². The summed E-state index contributed by atoms with van der Waals surface area (Å²) in [6.07, 6.45) is 2.01. The Balaban J connectivity index is 2.18. The fourth-order valence-corrected chi connectivity index (χ4v) is 4.96. The summed E-state index contributed by atoms with van der Waals surface area (Å²) in [4.78, 5) is 0.283. The van der Waals surface area contributed by atoms with Gasteiger partial charge in [0, 0.05) is 29.1 Å². The van der Waals surface area contributed by atoms with Gasteiger partial charge in [0.25, 0.3) is 0 Å². The molecule has 0 aliphatic carbocycles. The number of nitrogens with zero attached hydrogens (tertiary/aromatic N) is 1. The van der Waals surface area contributed by atoms with E-state index < -0.39 is 10.0 Å². The van der Waals surface area contributed by atoms with E-state index >= 15 is 0 Å². The third kappa shape index (κ3) is 3.82. The molecule has 0 N–H and O–H groups in total. The molecule has 1 aliphatic heterocycles. The highest BCUT2D eigenvalue weighted by atomic mass is 79.9. The monoisotopic (exact) mass is 425 g/mol. The third-order valence-electron chi connectivity index (χ3n) is 3.35. The Morgan fingerprint density at radius 1 is 1.40 bits per heavy atom. The molecule has 1 heterocycles. The van der Waals surface area contributed by atoms with Crippen LogP contribution < -0.4 is 0 Å². The summed E-state index contributed by atoms with van der Waals surface area (Å²) in [6, 6.07) is 5.15. The van der Waals surface area contributed by atoms with Gasteiger partial charge in [-0.25, -0.2) is 12.7 Å². The van der Waals surface area contributed by atoms with E-state index in [0.717, 1.165) is 23.9 Å². The lowest BCUT2D eigenvalue weighted by Gasteiger charge is -2.27. The molecule has 0 aromatic heterocycles. The number of sulfonamides is 1. The molecule has 1 saturated heterocycles. The molecule has 1 aromatic carbocycles. The highest BCUT2D eigenvalue weighted by Crippen LogP contribution is 2.28. The van der Waals surface area contributed by atoms with Gasteiger partial charge in [-0.3, -0.25) is 0 Å². The van der Waals surface area contributed by atoms with E-state index in [9.17, 15) is 8.42 Å². The summed E-state index contributed by atoms with van der Waals surface area (Å²) in [5.41, 5.74) is 0. The van der Waals surface area contributed by atoms with Gasteiger partial charge in [0.15, 0.2) is 0 Å². The lowest BCUT2D eigenvalue weighted by molar-refractivity contribution is 0.0495. The molecule has 1 unspecified atom stereocenters. The number of halogens is 2. The zero-order valence-corrected chi connectivity index (χ0v) is 15.2. The molecule has 112 valence electrons. The molecule has 0 amide bonds. The lowest BCUT2D eigenvalue weighted by atomic mass is 10.0. The predicted molar refractivity (Wildman–Crippen MR) is 85.2 cm³/mol. The van der Waals surface area contributed by atoms with Gasteiger partial charge in [-0.2, -0.15) is 0 Å². The van der Waals surface area contributed by atoms with E-state index in [1.807, 2.05) is 0 Å². The topological polar surface area (TPSA) is 46.6 Å². The maximum atomic E-state index is 12.6. The molecular weight excluding hydrogens is 410 g/mol. The van der Waals surface area contributed by atoms with Gasteiger partial charge in [-0.05, 0) is 52.9 Å². The molecule has 4 nitrogen and oxygen atoms in total. The van der Waals surface area contributed by atoms with Crippen LogP contribution in [0.15, 0.2) is 32.0 Å². The fourth-order valence-electron chi connectivity index (χ4n) is 2.26. The van der Waals surface area contributed by atoms with Crippen molar-refractivity contribution in [1.82, 2.24) is 4.31 Å². The van der Waals surface area contributed by atoms with E-state index in [1.54, 1.807) is 25.2 Å². The second kappa shape index (κ2) is 6.87. The molecule has 2 rings (SSSR count). The first-order valence-corrected chi connectivity index (χ1v) is 9.43. The summed E-state index contributed by atoms with van der Waals surface area (Å²) in [7, 11) is -1.87. The SMILES string of the molecule is CN(CC1CCCOC1)S(=O)(=O)c1cc(Br)ccc1Br. The zero-order chi connectivity index (χ0) is 14.8. The van der Waals surface area contributed by atoms with Crippen LogP contribution in [0.2, 0.25) is 0 Å². The van der Waals surface area contributed by atoms with Crippen LogP contribution >= 0.6 is 31.9 Å². The zero-order valence-electron chi connectivity index (χ0n) is 11.2. The number of benzene rings is 1. The average molecular weight is 427 g/mol. The van der Waals surface area contributed by atoms with E-state index in [2.05, 4.69) is 31.9 Å². The van der Waals surface area contributed by atoms with Crippen LogP contribution in [0.25, 0.3) is 0 Å². The molecular formula is C13H17Br2NO3S. The average Bonchev–Trinajstić information content (AvgIpc) is 2.42.